The van der Waals surface area contributed by atoms with Gasteiger partial charge in [0.05, 0.1) is 18.5 Å². The Labute approximate surface area is 167 Å². The van der Waals surface area contributed by atoms with E-state index in [1.807, 2.05) is 43.3 Å². The molecule has 1 atom stereocenters. The van der Waals surface area contributed by atoms with E-state index in [2.05, 4.69) is 15.6 Å². The summed E-state index contributed by atoms with van der Waals surface area (Å²) < 4.78 is 7.55. The third kappa shape index (κ3) is 3.54. The monoisotopic (exact) mass is 394 g/mol. The number of hydrogen-bond donors (Lipinski definition) is 3. The maximum atomic E-state index is 13.0. The highest BCUT2D eigenvalue weighted by Gasteiger charge is 2.43. The van der Waals surface area contributed by atoms with Crippen molar-refractivity contribution in [2.75, 3.05) is 13.2 Å². The van der Waals surface area contributed by atoms with E-state index in [0.29, 0.717) is 31.0 Å². The minimum absolute atomic E-state index is 0.307. The predicted octanol–water partition coefficient (Wildman–Crippen LogP) is 1.20. The Hall–Kier alpha value is -3.39. The molecule has 1 saturated heterocycles. The summed E-state index contributed by atoms with van der Waals surface area (Å²) in [5.41, 5.74) is 1.49. The van der Waals surface area contributed by atoms with E-state index in [9.17, 15) is 14.7 Å². The predicted molar refractivity (Wildman–Crippen MR) is 106 cm³/mol. The van der Waals surface area contributed by atoms with Gasteiger partial charge in [-0.05, 0) is 49.2 Å². The normalized spacial score (nSPS) is 18.6. The van der Waals surface area contributed by atoms with Gasteiger partial charge in [-0.25, -0.2) is 0 Å². The molecule has 0 radical (unpaired) electrons. The SMILES string of the molecule is Cc1cc2ccc(OCc3ccccn3)cn2c1C(=O)NC1(CO)CCNC1=O. The number of aliphatic hydroxyl groups is 1. The average Bonchev–Trinajstić information content (AvgIpc) is 3.26. The van der Waals surface area contributed by atoms with Gasteiger partial charge in [0.25, 0.3) is 5.91 Å². The zero-order chi connectivity index (χ0) is 20.4. The number of amides is 2. The van der Waals surface area contributed by atoms with Gasteiger partial charge in [-0.1, -0.05) is 6.07 Å². The minimum atomic E-state index is -1.29. The van der Waals surface area contributed by atoms with E-state index in [1.165, 1.54) is 0 Å². The number of carbonyl (C=O) groups is 2. The van der Waals surface area contributed by atoms with Crippen LogP contribution in [-0.4, -0.2) is 45.0 Å². The van der Waals surface area contributed by atoms with E-state index in [0.717, 1.165) is 16.8 Å². The number of nitrogens with zero attached hydrogens (tertiary/aromatic N) is 2. The molecule has 8 heteroatoms. The topological polar surface area (TPSA) is 105 Å². The largest absolute Gasteiger partial charge is 0.486 e. The lowest BCUT2D eigenvalue weighted by Gasteiger charge is -2.25. The average molecular weight is 394 g/mol. The van der Waals surface area contributed by atoms with Gasteiger partial charge in [-0.2, -0.15) is 0 Å². The van der Waals surface area contributed by atoms with Crippen LogP contribution in [0.2, 0.25) is 0 Å². The van der Waals surface area contributed by atoms with Gasteiger partial charge in [0.15, 0.2) is 0 Å². The zero-order valence-electron chi connectivity index (χ0n) is 16.0. The Morgan fingerprint density at radius 1 is 1.38 bits per heavy atom. The second kappa shape index (κ2) is 7.56. The van der Waals surface area contributed by atoms with Crippen LogP contribution in [0.15, 0.2) is 48.8 Å². The lowest BCUT2D eigenvalue weighted by Crippen LogP contribution is -2.56. The molecule has 150 valence electrons. The molecule has 3 aromatic heterocycles. The van der Waals surface area contributed by atoms with Gasteiger partial charge in [0.2, 0.25) is 5.91 Å². The van der Waals surface area contributed by atoms with Crippen molar-refractivity contribution in [2.24, 2.45) is 0 Å². The Bertz CT molecular complexity index is 1060. The van der Waals surface area contributed by atoms with Gasteiger partial charge in [-0.15, -0.1) is 0 Å². The number of nitrogens with one attached hydrogen (secondary N) is 2. The van der Waals surface area contributed by atoms with Gasteiger partial charge in [-0.3, -0.25) is 14.6 Å². The number of carbonyl (C=O) groups excluding carboxylic acids is 2. The van der Waals surface area contributed by atoms with Crippen molar-refractivity contribution in [3.05, 3.63) is 65.7 Å². The summed E-state index contributed by atoms with van der Waals surface area (Å²) >= 11 is 0. The van der Waals surface area contributed by atoms with E-state index in [1.54, 1.807) is 16.8 Å². The molecule has 1 aliphatic rings. The van der Waals surface area contributed by atoms with Crippen molar-refractivity contribution in [1.82, 2.24) is 20.0 Å². The summed E-state index contributed by atoms with van der Waals surface area (Å²) in [5, 5.41) is 15.1. The number of fused-ring (bicyclic) bond motifs is 1. The zero-order valence-corrected chi connectivity index (χ0v) is 16.0. The lowest BCUT2D eigenvalue weighted by atomic mass is 9.98. The maximum Gasteiger partial charge on any atom is 0.269 e. The van der Waals surface area contributed by atoms with Crippen LogP contribution in [0.4, 0.5) is 0 Å². The Morgan fingerprint density at radius 2 is 2.24 bits per heavy atom. The molecule has 1 aliphatic heterocycles. The first kappa shape index (κ1) is 18.9. The van der Waals surface area contributed by atoms with E-state index >= 15 is 0 Å². The van der Waals surface area contributed by atoms with Crippen molar-refractivity contribution < 1.29 is 19.4 Å². The second-order valence-corrected chi connectivity index (χ2v) is 7.15. The van der Waals surface area contributed by atoms with Crippen molar-refractivity contribution in [3.8, 4) is 5.75 Å². The fourth-order valence-corrected chi connectivity index (χ4v) is 3.56. The quantitative estimate of drug-likeness (QED) is 0.583. The molecular formula is C21H22N4O4. The fraction of sp³-hybridized carbons (Fsp3) is 0.286. The minimum Gasteiger partial charge on any atom is -0.486 e. The molecule has 3 N–H and O–H groups in total. The second-order valence-electron chi connectivity index (χ2n) is 7.15. The summed E-state index contributed by atoms with van der Waals surface area (Å²) in [6.45, 7) is 2.10. The van der Waals surface area contributed by atoms with Crippen LogP contribution in [0.5, 0.6) is 5.75 Å². The van der Waals surface area contributed by atoms with Crippen LogP contribution in [0.3, 0.4) is 0 Å². The lowest BCUT2D eigenvalue weighted by molar-refractivity contribution is -0.125. The van der Waals surface area contributed by atoms with Crippen molar-refractivity contribution >= 4 is 17.3 Å². The fourth-order valence-electron chi connectivity index (χ4n) is 3.56. The number of ether oxygens (including phenoxy) is 1. The Balaban J connectivity index is 1.61. The van der Waals surface area contributed by atoms with E-state index < -0.39 is 18.1 Å². The van der Waals surface area contributed by atoms with Crippen LogP contribution < -0.4 is 15.4 Å². The summed E-state index contributed by atoms with van der Waals surface area (Å²) in [6, 6.07) is 11.2. The highest BCUT2D eigenvalue weighted by molar-refractivity contribution is 6.01. The molecule has 0 spiro atoms. The molecule has 2 amide bonds. The first-order chi connectivity index (χ1) is 14.0. The molecule has 4 rings (SSSR count). The third-order valence-electron chi connectivity index (χ3n) is 5.15. The molecule has 8 nitrogen and oxygen atoms in total. The van der Waals surface area contributed by atoms with Crippen LogP contribution in [0.25, 0.3) is 5.52 Å². The number of rotatable bonds is 6. The van der Waals surface area contributed by atoms with Gasteiger partial charge >= 0.3 is 0 Å². The Morgan fingerprint density at radius 3 is 2.93 bits per heavy atom. The molecule has 0 bridgehead atoms. The van der Waals surface area contributed by atoms with Crippen LogP contribution in [-0.2, 0) is 11.4 Å². The molecule has 1 unspecified atom stereocenters. The third-order valence-corrected chi connectivity index (χ3v) is 5.15. The van der Waals surface area contributed by atoms with Gasteiger partial charge in [0, 0.05) is 18.3 Å². The first-order valence-electron chi connectivity index (χ1n) is 9.38. The van der Waals surface area contributed by atoms with Crippen molar-refractivity contribution in [2.45, 2.75) is 25.5 Å². The number of aromatic nitrogens is 2. The van der Waals surface area contributed by atoms with Crippen molar-refractivity contribution in [1.29, 1.82) is 0 Å². The molecule has 4 heterocycles. The molecule has 0 saturated carbocycles. The Kier molecular flexibility index (Phi) is 4.94. The summed E-state index contributed by atoms with van der Waals surface area (Å²) in [4.78, 5) is 29.4. The van der Waals surface area contributed by atoms with E-state index in [-0.39, 0.29) is 5.91 Å². The molecule has 1 fully saturated rings. The molecule has 29 heavy (non-hydrogen) atoms. The molecule has 3 aromatic rings. The molecule has 0 aliphatic carbocycles. The highest BCUT2D eigenvalue weighted by atomic mass is 16.5. The number of aryl methyl sites for hydroxylation is 1. The van der Waals surface area contributed by atoms with Gasteiger partial charge in [0.1, 0.15) is 23.6 Å². The number of aliphatic hydroxyl groups excluding tert-OH is 1. The van der Waals surface area contributed by atoms with Crippen molar-refractivity contribution in [3.63, 3.8) is 0 Å². The smallest absolute Gasteiger partial charge is 0.269 e. The number of hydrogen-bond acceptors (Lipinski definition) is 5. The first-order valence-corrected chi connectivity index (χ1v) is 9.38. The van der Waals surface area contributed by atoms with Crippen LogP contribution >= 0.6 is 0 Å². The summed E-state index contributed by atoms with van der Waals surface area (Å²) in [6.07, 6.45) is 3.78. The van der Waals surface area contributed by atoms with Crippen LogP contribution in [0, 0.1) is 6.92 Å². The molecule has 0 aromatic carbocycles. The molecular weight excluding hydrogens is 372 g/mol. The van der Waals surface area contributed by atoms with Crippen LogP contribution in [0.1, 0.15) is 28.2 Å². The standard InChI is InChI=1S/C21H22N4O4/c1-14-10-16-5-6-17(29-12-15-4-2-3-8-22-15)11-25(16)18(14)19(27)24-21(13-26)7-9-23-20(21)28/h2-6,8,10-11,26H,7,9,12-13H2,1H3,(H,23,28)(H,24,27). The highest BCUT2D eigenvalue weighted by Crippen LogP contribution is 2.23. The number of pyridine rings is 2. The summed E-state index contributed by atoms with van der Waals surface area (Å²) in [5.74, 6) is -0.204. The maximum absolute atomic E-state index is 13.0. The van der Waals surface area contributed by atoms with Gasteiger partial charge < -0.3 is 24.9 Å². The summed E-state index contributed by atoms with van der Waals surface area (Å²) in [7, 11) is 0. The van der Waals surface area contributed by atoms with E-state index in [4.69, 9.17) is 4.74 Å².